The molecule has 0 aliphatic rings. The number of hydrogen-bond donors (Lipinski definition) is 1. The topological polar surface area (TPSA) is 55.1 Å². The summed E-state index contributed by atoms with van der Waals surface area (Å²) in [5.41, 5.74) is 1.33. The minimum atomic E-state index is -0.403. The molecule has 0 atom stereocenters. The Hall–Kier alpha value is -3.02. The number of benzene rings is 2. The molecule has 3 aromatic rings. The van der Waals surface area contributed by atoms with Crippen LogP contribution >= 0.6 is 0 Å². The minimum absolute atomic E-state index is 0.218. The van der Waals surface area contributed by atoms with E-state index in [-0.39, 0.29) is 11.8 Å². The van der Waals surface area contributed by atoms with Crippen molar-refractivity contribution in [1.82, 2.24) is 10.3 Å². The van der Waals surface area contributed by atoms with Gasteiger partial charge in [0.2, 0.25) is 5.89 Å². The van der Waals surface area contributed by atoms with Crippen LogP contribution < -0.4 is 5.32 Å². The lowest BCUT2D eigenvalue weighted by Gasteiger charge is -2.04. The monoisotopic (exact) mass is 342 g/mol. The van der Waals surface area contributed by atoms with Crippen molar-refractivity contribution in [3.05, 3.63) is 77.2 Å². The van der Waals surface area contributed by atoms with E-state index < -0.39 is 11.6 Å². The smallest absolute Gasteiger partial charge is 0.251 e. The highest BCUT2D eigenvalue weighted by atomic mass is 19.1. The number of nitrogens with zero attached hydrogens (tertiary/aromatic N) is 1. The number of hydrogen-bond acceptors (Lipinski definition) is 3. The lowest BCUT2D eigenvalue weighted by atomic mass is 10.2. The maximum atomic E-state index is 13.8. The molecule has 2 aromatic carbocycles. The number of nitrogens with one attached hydrogen (secondary N) is 1. The lowest BCUT2D eigenvalue weighted by molar-refractivity contribution is 0.0954. The molecule has 0 saturated heterocycles. The first-order chi connectivity index (χ1) is 12.0. The highest BCUT2D eigenvalue weighted by molar-refractivity contribution is 5.94. The summed E-state index contributed by atoms with van der Waals surface area (Å²) < 4.78 is 32.2. The Bertz CT molecular complexity index is 889. The van der Waals surface area contributed by atoms with Gasteiger partial charge < -0.3 is 9.73 Å². The quantitative estimate of drug-likeness (QED) is 0.765. The van der Waals surface area contributed by atoms with Gasteiger partial charge in [-0.1, -0.05) is 12.1 Å². The van der Waals surface area contributed by atoms with E-state index in [1.54, 1.807) is 25.1 Å². The second-order valence-electron chi connectivity index (χ2n) is 5.51. The van der Waals surface area contributed by atoms with Gasteiger partial charge in [-0.25, -0.2) is 13.8 Å². The Morgan fingerprint density at radius 2 is 1.84 bits per heavy atom. The van der Waals surface area contributed by atoms with Gasteiger partial charge in [-0.05, 0) is 43.3 Å². The molecule has 0 aliphatic heterocycles. The van der Waals surface area contributed by atoms with Crippen LogP contribution in [0.25, 0.3) is 11.5 Å². The zero-order valence-corrected chi connectivity index (χ0v) is 13.6. The maximum Gasteiger partial charge on any atom is 0.251 e. The first-order valence-corrected chi connectivity index (χ1v) is 7.79. The van der Waals surface area contributed by atoms with Gasteiger partial charge in [0.25, 0.3) is 5.91 Å². The van der Waals surface area contributed by atoms with Gasteiger partial charge >= 0.3 is 0 Å². The number of halogens is 2. The average molecular weight is 342 g/mol. The summed E-state index contributed by atoms with van der Waals surface area (Å²) >= 11 is 0. The van der Waals surface area contributed by atoms with Crippen molar-refractivity contribution in [3.63, 3.8) is 0 Å². The van der Waals surface area contributed by atoms with Gasteiger partial charge in [0.05, 0.1) is 11.3 Å². The number of aryl methyl sites for hydroxylation is 1. The van der Waals surface area contributed by atoms with E-state index in [4.69, 9.17) is 4.42 Å². The first-order valence-electron chi connectivity index (χ1n) is 7.79. The number of rotatable bonds is 5. The van der Waals surface area contributed by atoms with Crippen LogP contribution in [0.5, 0.6) is 0 Å². The Balaban J connectivity index is 1.63. The van der Waals surface area contributed by atoms with Crippen molar-refractivity contribution in [3.8, 4) is 11.5 Å². The Labute approximate surface area is 143 Å². The van der Waals surface area contributed by atoms with Crippen LogP contribution in [-0.4, -0.2) is 17.4 Å². The van der Waals surface area contributed by atoms with Gasteiger partial charge in [-0.2, -0.15) is 0 Å². The predicted molar refractivity (Wildman–Crippen MR) is 89.1 cm³/mol. The van der Waals surface area contributed by atoms with E-state index in [2.05, 4.69) is 10.3 Å². The molecule has 1 N–H and O–H groups in total. The number of carbonyl (C=O) groups excluding carboxylic acids is 1. The summed E-state index contributed by atoms with van der Waals surface area (Å²) in [7, 11) is 0. The molecule has 128 valence electrons. The molecule has 0 fully saturated rings. The third-order valence-electron chi connectivity index (χ3n) is 3.75. The molecule has 25 heavy (non-hydrogen) atoms. The van der Waals surface area contributed by atoms with E-state index >= 15 is 0 Å². The molecule has 0 unspecified atom stereocenters. The fraction of sp³-hybridized carbons (Fsp3) is 0.158. The highest BCUT2D eigenvalue weighted by Crippen LogP contribution is 2.24. The summed E-state index contributed by atoms with van der Waals surface area (Å²) in [5, 5.41) is 2.74. The van der Waals surface area contributed by atoms with E-state index in [1.165, 1.54) is 30.3 Å². The fourth-order valence-electron chi connectivity index (χ4n) is 2.41. The van der Waals surface area contributed by atoms with Gasteiger partial charge in [-0.3, -0.25) is 4.79 Å². The van der Waals surface area contributed by atoms with Crippen molar-refractivity contribution in [2.45, 2.75) is 13.3 Å². The average Bonchev–Trinajstić information content (AvgIpc) is 2.96. The van der Waals surface area contributed by atoms with Crippen LogP contribution in [0.1, 0.15) is 21.8 Å². The number of aromatic nitrogens is 1. The Morgan fingerprint density at radius 3 is 2.56 bits per heavy atom. The van der Waals surface area contributed by atoms with Crippen LogP contribution in [0.4, 0.5) is 8.78 Å². The normalized spacial score (nSPS) is 10.7. The zero-order valence-electron chi connectivity index (χ0n) is 13.6. The molecule has 0 radical (unpaired) electrons. The molecule has 1 amide bonds. The largest absolute Gasteiger partial charge is 0.441 e. The molecule has 0 saturated carbocycles. The standard InChI is InChI=1S/C19H16F2N2O2/c1-12-17(23-19(25-12)15-4-2-3-5-16(15)21)10-11-22-18(24)13-6-8-14(20)9-7-13/h2-9H,10-11H2,1H3,(H,22,24). The molecule has 0 bridgehead atoms. The van der Waals surface area contributed by atoms with Crippen LogP contribution in [0.15, 0.2) is 52.9 Å². The number of amides is 1. The summed E-state index contributed by atoms with van der Waals surface area (Å²) in [6, 6.07) is 11.6. The summed E-state index contributed by atoms with van der Waals surface area (Å²) in [6.07, 6.45) is 0.441. The molecule has 1 heterocycles. The Morgan fingerprint density at radius 1 is 1.12 bits per heavy atom. The second kappa shape index (κ2) is 7.25. The summed E-state index contributed by atoms with van der Waals surface area (Å²) in [6.45, 7) is 2.08. The lowest BCUT2D eigenvalue weighted by Crippen LogP contribution is -2.25. The van der Waals surface area contributed by atoms with E-state index in [1.807, 2.05) is 0 Å². The van der Waals surface area contributed by atoms with E-state index in [0.29, 0.717) is 35.5 Å². The molecular formula is C19H16F2N2O2. The highest BCUT2D eigenvalue weighted by Gasteiger charge is 2.14. The fourth-order valence-corrected chi connectivity index (χ4v) is 2.41. The van der Waals surface area contributed by atoms with Crippen LogP contribution in [0, 0.1) is 18.6 Å². The Kier molecular flexibility index (Phi) is 4.88. The van der Waals surface area contributed by atoms with Crippen molar-refractivity contribution in [1.29, 1.82) is 0 Å². The third-order valence-corrected chi connectivity index (χ3v) is 3.75. The van der Waals surface area contributed by atoms with Gasteiger partial charge in [-0.15, -0.1) is 0 Å². The third kappa shape index (κ3) is 3.91. The number of oxazole rings is 1. The molecule has 0 aliphatic carbocycles. The molecule has 6 heteroatoms. The van der Waals surface area contributed by atoms with Crippen molar-refractivity contribution >= 4 is 5.91 Å². The van der Waals surface area contributed by atoms with Gasteiger partial charge in [0.15, 0.2) is 0 Å². The minimum Gasteiger partial charge on any atom is -0.441 e. The van der Waals surface area contributed by atoms with Gasteiger partial charge in [0.1, 0.15) is 17.4 Å². The molecule has 1 aromatic heterocycles. The van der Waals surface area contributed by atoms with Crippen molar-refractivity contribution in [2.24, 2.45) is 0 Å². The van der Waals surface area contributed by atoms with Crippen LogP contribution in [0.2, 0.25) is 0 Å². The SMILES string of the molecule is Cc1oc(-c2ccccc2F)nc1CCNC(=O)c1ccc(F)cc1. The molecule has 0 spiro atoms. The van der Waals surface area contributed by atoms with Gasteiger partial charge in [0, 0.05) is 18.5 Å². The molecular weight excluding hydrogens is 326 g/mol. The zero-order chi connectivity index (χ0) is 17.8. The predicted octanol–water partition coefficient (Wildman–Crippen LogP) is 3.90. The number of carbonyl (C=O) groups is 1. The second-order valence-corrected chi connectivity index (χ2v) is 5.51. The summed E-state index contributed by atoms with van der Waals surface area (Å²) in [5.74, 6) is -0.296. The van der Waals surface area contributed by atoms with Crippen molar-refractivity contribution in [2.75, 3.05) is 6.54 Å². The summed E-state index contributed by atoms with van der Waals surface area (Å²) in [4.78, 5) is 16.3. The van der Waals surface area contributed by atoms with E-state index in [9.17, 15) is 13.6 Å². The molecule has 4 nitrogen and oxygen atoms in total. The maximum absolute atomic E-state index is 13.8. The molecule has 3 rings (SSSR count). The van der Waals surface area contributed by atoms with Crippen LogP contribution in [0.3, 0.4) is 0 Å². The first kappa shape index (κ1) is 16.8. The van der Waals surface area contributed by atoms with Crippen molar-refractivity contribution < 1.29 is 18.0 Å². The van der Waals surface area contributed by atoms with Crippen LogP contribution in [-0.2, 0) is 6.42 Å². The van der Waals surface area contributed by atoms with E-state index in [0.717, 1.165) is 0 Å².